The molecule has 1 aromatic heterocycles. The number of nitrogens with zero attached hydrogens (tertiary/aromatic N) is 2. The first-order chi connectivity index (χ1) is 12.7. The van der Waals surface area contributed by atoms with Gasteiger partial charge in [0.25, 0.3) is 5.91 Å². The number of hydrogen-bond acceptors (Lipinski definition) is 5. The van der Waals surface area contributed by atoms with Crippen LogP contribution in [0.5, 0.6) is 5.75 Å². The number of fused-ring (bicyclic) bond motifs is 1. The van der Waals surface area contributed by atoms with Gasteiger partial charge in [0.1, 0.15) is 11.3 Å². The average molecular weight is 348 g/mol. The molecule has 3 aromatic rings. The predicted molar refractivity (Wildman–Crippen MR) is 101 cm³/mol. The number of hydrogen-bond donors (Lipinski definition) is 2. The van der Waals surface area contributed by atoms with Crippen molar-refractivity contribution >= 4 is 22.5 Å². The summed E-state index contributed by atoms with van der Waals surface area (Å²) in [6.45, 7) is 0. The van der Waals surface area contributed by atoms with E-state index in [0.29, 0.717) is 16.6 Å². The number of anilines is 1. The zero-order chi connectivity index (χ0) is 18.1. The number of para-hydroxylation sites is 1. The maximum Gasteiger partial charge on any atom is 0.274 e. The molecular weight excluding hydrogens is 328 g/mol. The highest BCUT2D eigenvalue weighted by Gasteiger charge is 2.23. The van der Waals surface area contributed by atoms with E-state index in [0.717, 1.165) is 36.1 Å². The second kappa shape index (κ2) is 6.63. The molecule has 1 saturated carbocycles. The molecule has 0 atom stereocenters. The zero-order valence-electron chi connectivity index (χ0n) is 14.5. The van der Waals surface area contributed by atoms with E-state index < -0.39 is 0 Å². The number of nitrogen functional groups attached to an aromatic ring is 1. The van der Waals surface area contributed by atoms with Crippen LogP contribution in [0.2, 0.25) is 0 Å². The van der Waals surface area contributed by atoms with E-state index in [2.05, 4.69) is 15.5 Å². The molecule has 0 saturated heterocycles. The van der Waals surface area contributed by atoms with Gasteiger partial charge in [0.2, 0.25) is 0 Å². The lowest BCUT2D eigenvalue weighted by molar-refractivity contribution is 0.0912. The van der Waals surface area contributed by atoms with E-state index in [1.165, 1.54) is 0 Å². The minimum atomic E-state index is -0.260. The molecule has 1 aliphatic rings. The van der Waals surface area contributed by atoms with Gasteiger partial charge in [0.05, 0.1) is 12.8 Å². The van der Waals surface area contributed by atoms with Gasteiger partial charge in [0, 0.05) is 22.6 Å². The Morgan fingerprint density at radius 1 is 1.12 bits per heavy atom. The Balaban J connectivity index is 1.80. The lowest BCUT2D eigenvalue weighted by Gasteiger charge is -2.26. The molecule has 26 heavy (non-hydrogen) atoms. The second-order valence-corrected chi connectivity index (χ2v) is 6.47. The highest BCUT2D eigenvalue weighted by atomic mass is 16.5. The number of carbonyl (C=O) groups is 1. The van der Waals surface area contributed by atoms with Crippen LogP contribution in [0.25, 0.3) is 22.0 Å². The first kappa shape index (κ1) is 16.3. The Labute approximate surface area is 151 Å². The van der Waals surface area contributed by atoms with Gasteiger partial charge in [0.15, 0.2) is 5.69 Å². The van der Waals surface area contributed by atoms with Gasteiger partial charge in [-0.15, -0.1) is 10.2 Å². The quantitative estimate of drug-likeness (QED) is 0.756. The largest absolute Gasteiger partial charge is 0.496 e. The molecule has 132 valence electrons. The van der Waals surface area contributed by atoms with Gasteiger partial charge in [-0.05, 0) is 25.3 Å². The summed E-state index contributed by atoms with van der Waals surface area (Å²) < 4.78 is 5.46. The van der Waals surface area contributed by atoms with Crippen LogP contribution in [0.15, 0.2) is 42.5 Å². The fourth-order valence-electron chi connectivity index (χ4n) is 3.21. The van der Waals surface area contributed by atoms with Gasteiger partial charge in [-0.2, -0.15) is 0 Å². The molecule has 3 N–H and O–H groups in total. The van der Waals surface area contributed by atoms with Crippen LogP contribution < -0.4 is 15.8 Å². The molecule has 1 heterocycles. The van der Waals surface area contributed by atoms with Crippen molar-refractivity contribution in [1.82, 2.24) is 15.5 Å². The number of benzene rings is 2. The molecule has 0 unspecified atom stereocenters. The van der Waals surface area contributed by atoms with Gasteiger partial charge < -0.3 is 15.8 Å². The van der Waals surface area contributed by atoms with Crippen molar-refractivity contribution in [2.45, 2.75) is 25.3 Å². The van der Waals surface area contributed by atoms with Gasteiger partial charge in [-0.25, -0.2) is 0 Å². The number of methoxy groups -OCH3 is 1. The van der Waals surface area contributed by atoms with Crippen molar-refractivity contribution in [1.29, 1.82) is 0 Å². The van der Waals surface area contributed by atoms with Gasteiger partial charge >= 0.3 is 0 Å². The number of carbonyl (C=O) groups excluding carboxylic acids is 1. The Morgan fingerprint density at radius 2 is 1.88 bits per heavy atom. The summed E-state index contributed by atoms with van der Waals surface area (Å²) in [7, 11) is 1.63. The Hall–Kier alpha value is -3.15. The Bertz CT molecular complexity index is 983. The average Bonchev–Trinajstić information content (AvgIpc) is 2.64. The van der Waals surface area contributed by atoms with E-state index in [-0.39, 0.29) is 17.6 Å². The number of nitrogens with two attached hydrogens (primary N) is 1. The molecule has 0 spiro atoms. The fourth-order valence-corrected chi connectivity index (χ4v) is 3.21. The Morgan fingerprint density at radius 3 is 2.62 bits per heavy atom. The van der Waals surface area contributed by atoms with Crippen molar-refractivity contribution in [3.8, 4) is 16.9 Å². The number of aromatic nitrogens is 2. The van der Waals surface area contributed by atoms with Crippen molar-refractivity contribution in [2.24, 2.45) is 0 Å². The first-order valence-electron chi connectivity index (χ1n) is 8.68. The van der Waals surface area contributed by atoms with Crippen LogP contribution in [-0.4, -0.2) is 29.3 Å². The van der Waals surface area contributed by atoms with Gasteiger partial charge in [-0.3, -0.25) is 4.79 Å². The molecule has 2 aromatic carbocycles. The van der Waals surface area contributed by atoms with Crippen molar-refractivity contribution < 1.29 is 9.53 Å². The summed E-state index contributed by atoms with van der Waals surface area (Å²) in [5.41, 5.74) is 9.23. The third kappa shape index (κ3) is 2.73. The molecule has 0 radical (unpaired) electrons. The molecular formula is C20H20N4O2. The highest BCUT2D eigenvalue weighted by molar-refractivity contribution is 6.07. The van der Waals surface area contributed by atoms with Gasteiger partial charge in [-0.1, -0.05) is 36.4 Å². The summed E-state index contributed by atoms with van der Waals surface area (Å²) in [5.74, 6) is 0.483. The summed E-state index contributed by atoms with van der Waals surface area (Å²) in [6, 6.07) is 13.6. The summed E-state index contributed by atoms with van der Waals surface area (Å²) in [4.78, 5) is 12.5. The third-order valence-electron chi connectivity index (χ3n) is 4.88. The van der Waals surface area contributed by atoms with Crippen LogP contribution in [0.1, 0.15) is 29.8 Å². The molecule has 6 heteroatoms. The van der Waals surface area contributed by atoms with E-state index in [4.69, 9.17) is 10.5 Å². The maximum atomic E-state index is 12.5. The smallest absolute Gasteiger partial charge is 0.274 e. The fraction of sp³-hybridized carbons (Fsp3) is 0.250. The van der Waals surface area contributed by atoms with E-state index in [1.807, 2.05) is 42.5 Å². The standard InChI is InChI=1S/C20H20N4O2/c1-26-16-11-3-2-8-13(16)14-9-5-10-15-17(21)19(24-23-18(14)15)20(25)22-12-6-4-7-12/h2-3,5,8-12H,4,6-7H2,1H3,(H2,21,23)(H,22,25). The van der Waals surface area contributed by atoms with E-state index in [9.17, 15) is 4.79 Å². The predicted octanol–water partition coefficient (Wildman–Crippen LogP) is 3.17. The molecule has 6 nitrogen and oxygen atoms in total. The molecule has 1 aliphatic carbocycles. The van der Waals surface area contributed by atoms with Crippen LogP contribution in [0.4, 0.5) is 5.69 Å². The molecule has 0 aliphatic heterocycles. The van der Waals surface area contributed by atoms with Crippen molar-refractivity contribution in [3.05, 3.63) is 48.2 Å². The Kier molecular flexibility index (Phi) is 4.16. The topological polar surface area (TPSA) is 90.1 Å². The SMILES string of the molecule is COc1ccccc1-c1cccc2c(N)c(C(=O)NC3CCC3)nnc12. The third-order valence-corrected chi connectivity index (χ3v) is 4.88. The van der Waals surface area contributed by atoms with Crippen LogP contribution in [-0.2, 0) is 0 Å². The number of rotatable bonds is 4. The lowest BCUT2D eigenvalue weighted by Crippen LogP contribution is -2.40. The molecule has 4 rings (SSSR count). The van der Waals surface area contributed by atoms with Crippen molar-refractivity contribution in [3.63, 3.8) is 0 Å². The normalized spacial score (nSPS) is 14.0. The summed E-state index contributed by atoms with van der Waals surface area (Å²) in [5, 5.41) is 12.1. The summed E-state index contributed by atoms with van der Waals surface area (Å²) in [6.07, 6.45) is 3.15. The number of ether oxygens (including phenoxy) is 1. The highest BCUT2D eigenvalue weighted by Crippen LogP contribution is 2.35. The number of amides is 1. The van der Waals surface area contributed by atoms with E-state index >= 15 is 0 Å². The molecule has 0 bridgehead atoms. The summed E-state index contributed by atoms with van der Waals surface area (Å²) >= 11 is 0. The minimum absolute atomic E-state index is 0.182. The lowest BCUT2D eigenvalue weighted by atomic mass is 9.93. The van der Waals surface area contributed by atoms with Crippen molar-refractivity contribution in [2.75, 3.05) is 12.8 Å². The van der Waals surface area contributed by atoms with Crippen LogP contribution in [0.3, 0.4) is 0 Å². The molecule has 1 amide bonds. The maximum absolute atomic E-state index is 12.5. The van der Waals surface area contributed by atoms with E-state index in [1.54, 1.807) is 7.11 Å². The zero-order valence-corrected chi connectivity index (χ0v) is 14.5. The van der Waals surface area contributed by atoms with Crippen LogP contribution in [0, 0.1) is 0 Å². The first-order valence-corrected chi connectivity index (χ1v) is 8.68. The number of nitrogens with one attached hydrogen (secondary N) is 1. The minimum Gasteiger partial charge on any atom is -0.496 e. The second-order valence-electron chi connectivity index (χ2n) is 6.47. The monoisotopic (exact) mass is 348 g/mol. The molecule has 1 fully saturated rings. The van der Waals surface area contributed by atoms with Crippen LogP contribution >= 0.6 is 0 Å².